The molecule has 0 N–H and O–H groups in total. The number of carbonyl (C=O) groups is 1. The van der Waals surface area contributed by atoms with Crippen LogP contribution in [-0.4, -0.2) is 20.0 Å². The summed E-state index contributed by atoms with van der Waals surface area (Å²) in [6.45, 7) is 11.2. The minimum Gasteiger partial charge on any atom is -0.493 e. The Balaban J connectivity index is 2.45. The maximum atomic E-state index is 11.5. The topological polar surface area (TPSA) is 44.8 Å². The van der Waals surface area contributed by atoms with Gasteiger partial charge in [0.15, 0.2) is 11.5 Å². The molecule has 0 atom stereocenters. The quantitative estimate of drug-likeness (QED) is 0.324. The summed E-state index contributed by atoms with van der Waals surface area (Å²) in [4.78, 5) is 11.5. The van der Waals surface area contributed by atoms with Gasteiger partial charge in [-0.3, -0.25) is 4.79 Å². The van der Waals surface area contributed by atoms with Gasteiger partial charge in [-0.25, -0.2) is 0 Å². The zero-order chi connectivity index (χ0) is 21.4. The van der Waals surface area contributed by atoms with Crippen molar-refractivity contribution in [2.24, 2.45) is 0 Å². The second kappa shape index (κ2) is 10.3. The van der Waals surface area contributed by atoms with Gasteiger partial charge < -0.3 is 14.2 Å². The summed E-state index contributed by atoms with van der Waals surface area (Å²) in [7, 11) is 1.58. The molecule has 4 nitrogen and oxygen atoms in total. The molecule has 0 heterocycles. The maximum Gasteiger partial charge on any atom is 0.204 e. The van der Waals surface area contributed by atoms with Crippen LogP contribution in [0.3, 0.4) is 0 Å². The molecule has 0 saturated heterocycles. The molecule has 0 bridgehead atoms. The molecular weight excluding hydrogens is 364 g/mol. The summed E-state index contributed by atoms with van der Waals surface area (Å²) >= 11 is 0. The van der Waals surface area contributed by atoms with E-state index in [0.717, 1.165) is 36.0 Å². The number of para-hydroxylation sites is 1. The normalized spacial score (nSPS) is 11.2. The molecule has 2 aromatic carbocycles. The van der Waals surface area contributed by atoms with Crippen LogP contribution in [0.4, 0.5) is 0 Å². The van der Waals surface area contributed by atoms with E-state index in [4.69, 9.17) is 14.2 Å². The number of ether oxygens (including phenoxy) is 3. The predicted molar refractivity (Wildman–Crippen MR) is 118 cm³/mol. The molecule has 29 heavy (non-hydrogen) atoms. The van der Waals surface area contributed by atoms with Crippen molar-refractivity contribution in [1.29, 1.82) is 0 Å². The molecule has 0 aromatic heterocycles. The van der Waals surface area contributed by atoms with E-state index < -0.39 is 0 Å². The van der Waals surface area contributed by atoms with Gasteiger partial charge in [-0.2, -0.15) is 0 Å². The zero-order valence-electron chi connectivity index (χ0n) is 18.6. The molecule has 0 amide bonds. The Hall–Kier alpha value is -2.49. The smallest absolute Gasteiger partial charge is 0.204 e. The highest BCUT2D eigenvalue weighted by molar-refractivity contribution is 5.78. The highest BCUT2D eigenvalue weighted by atomic mass is 16.5. The Kier molecular flexibility index (Phi) is 8.12. The van der Waals surface area contributed by atoms with Crippen LogP contribution in [-0.2, 0) is 5.41 Å². The van der Waals surface area contributed by atoms with Crippen LogP contribution in [0.2, 0.25) is 0 Å². The number of hydrogen-bond acceptors (Lipinski definition) is 4. The molecular formula is C25H34O4. The standard InChI is InChI=1S/C25H34O4/c1-7-8-9-10-14-28-24-21(27-6)15-19(17-26)16-22(24)29-23-18(2)12-11-13-20(23)25(3,4)5/h11-13,15-17H,7-10,14H2,1-6H3. The highest BCUT2D eigenvalue weighted by Crippen LogP contribution is 2.44. The molecule has 4 heteroatoms. The van der Waals surface area contributed by atoms with Gasteiger partial charge in [-0.15, -0.1) is 0 Å². The van der Waals surface area contributed by atoms with E-state index >= 15 is 0 Å². The minimum atomic E-state index is -0.0884. The summed E-state index contributed by atoms with van der Waals surface area (Å²) < 4.78 is 18.0. The second-order valence-corrected chi connectivity index (χ2v) is 8.38. The van der Waals surface area contributed by atoms with Crippen LogP contribution in [0.15, 0.2) is 30.3 Å². The first kappa shape index (κ1) is 22.8. The summed E-state index contributed by atoms with van der Waals surface area (Å²) in [6, 6.07) is 9.54. The molecule has 0 fully saturated rings. The van der Waals surface area contributed by atoms with Crippen molar-refractivity contribution in [1.82, 2.24) is 0 Å². The first-order chi connectivity index (χ1) is 13.8. The molecule has 0 spiro atoms. The fraction of sp³-hybridized carbons (Fsp3) is 0.480. The second-order valence-electron chi connectivity index (χ2n) is 8.38. The lowest BCUT2D eigenvalue weighted by atomic mass is 9.85. The highest BCUT2D eigenvalue weighted by Gasteiger charge is 2.23. The molecule has 158 valence electrons. The number of aldehydes is 1. The summed E-state index contributed by atoms with van der Waals surface area (Å²) in [5.41, 5.74) is 2.53. The van der Waals surface area contributed by atoms with Gasteiger partial charge in [0.1, 0.15) is 12.0 Å². The van der Waals surface area contributed by atoms with Crippen molar-refractivity contribution < 1.29 is 19.0 Å². The average molecular weight is 399 g/mol. The molecule has 0 aliphatic heterocycles. The van der Waals surface area contributed by atoms with Crippen molar-refractivity contribution in [3.63, 3.8) is 0 Å². The van der Waals surface area contributed by atoms with E-state index in [0.29, 0.717) is 29.4 Å². The van der Waals surface area contributed by atoms with E-state index in [2.05, 4.69) is 33.8 Å². The number of methoxy groups -OCH3 is 1. The third-order valence-corrected chi connectivity index (χ3v) is 4.88. The summed E-state index contributed by atoms with van der Waals surface area (Å²) in [6.07, 6.45) is 5.24. The van der Waals surface area contributed by atoms with E-state index in [9.17, 15) is 4.79 Å². The van der Waals surface area contributed by atoms with Crippen molar-refractivity contribution in [3.8, 4) is 23.0 Å². The van der Waals surface area contributed by atoms with Crippen molar-refractivity contribution in [2.75, 3.05) is 13.7 Å². The van der Waals surface area contributed by atoms with Gasteiger partial charge in [0.25, 0.3) is 0 Å². The minimum absolute atomic E-state index is 0.0884. The number of carbonyl (C=O) groups excluding carboxylic acids is 1. The number of unbranched alkanes of at least 4 members (excludes halogenated alkanes) is 3. The van der Waals surface area contributed by atoms with Crippen LogP contribution in [0.25, 0.3) is 0 Å². The lowest BCUT2D eigenvalue weighted by molar-refractivity contribution is 0.112. The lowest BCUT2D eigenvalue weighted by Crippen LogP contribution is -2.13. The fourth-order valence-electron chi connectivity index (χ4n) is 3.23. The molecule has 0 unspecified atom stereocenters. The van der Waals surface area contributed by atoms with Crippen molar-refractivity contribution in [2.45, 2.75) is 65.7 Å². The third kappa shape index (κ3) is 5.99. The van der Waals surface area contributed by atoms with E-state index in [-0.39, 0.29) is 5.41 Å². The van der Waals surface area contributed by atoms with E-state index in [1.54, 1.807) is 19.2 Å². The van der Waals surface area contributed by atoms with Gasteiger partial charge in [0.05, 0.1) is 13.7 Å². The Morgan fingerprint density at radius 2 is 1.72 bits per heavy atom. The molecule has 0 aliphatic carbocycles. The predicted octanol–water partition coefficient (Wildman–Crippen LogP) is 6.87. The van der Waals surface area contributed by atoms with Gasteiger partial charge in [-0.1, -0.05) is 65.2 Å². The monoisotopic (exact) mass is 398 g/mol. The molecule has 0 radical (unpaired) electrons. The molecule has 2 rings (SSSR count). The molecule has 2 aromatic rings. The third-order valence-electron chi connectivity index (χ3n) is 4.88. The zero-order valence-corrected chi connectivity index (χ0v) is 18.6. The van der Waals surface area contributed by atoms with Crippen LogP contribution < -0.4 is 14.2 Å². The van der Waals surface area contributed by atoms with Crippen molar-refractivity contribution >= 4 is 6.29 Å². The fourth-order valence-corrected chi connectivity index (χ4v) is 3.23. The van der Waals surface area contributed by atoms with Gasteiger partial charge in [-0.05, 0) is 36.5 Å². The first-order valence-corrected chi connectivity index (χ1v) is 10.4. The number of rotatable bonds is 10. The lowest BCUT2D eigenvalue weighted by Gasteiger charge is -2.25. The van der Waals surface area contributed by atoms with Crippen molar-refractivity contribution in [3.05, 3.63) is 47.0 Å². The number of hydrogen-bond donors (Lipinski definition) is 0. The van der Waals surface area contributed by atoms with Gasteiger partial charge in [0.2, 0.25) is 5.75 Å². The first-order valence-electron chi connectivity index (χ1n) is 10.4. The van der Waals surface area contributed by atoms with Crippen LogP contribution >= 0.6 is 0 Å². The van der Waals surface area contributed by atoms with Crippen LogP contribution in [0.5, 0.6) is 23.0 Å². The Morgan fingerprint density at radius 1 is 1.00 bits per heavy atom. The number of aryl methyl sites for hydroxylation is 1. The number of benzene rings is 2. The Labute approximate surface area is 175 Å². The van der Waals surface area contributed by atoms with E-state index in [1.807, 2.05) is 19.1 Å². The van der Waals surface area contributed by atoms with E-state index in [1.165, 1.54) is 12.8 Å². The molecule has 0 saturated carbocycles. The van der Waals surface area contributed by atoms with Gasteiger partial charge in [0, 0.05) is 11.1 Å². The van der Waals surface area contributed by atoms with Gasteiger partial charge >= 0.3 is 0 Å². The summed E-state index contributed by atoms with van der Waals surface area (Å²) in [5, 5.41) is 0. The van der Waals surface area contributed by atoms with Crippen LogP contribution in [0, 0.1) is 6.92 Å². The SMILES string of the molecule is CCCCCCOc1c(OC)cc(C=O)cc1Oc1c(C)cccc1C(C)(C)C. The largest absolute Gasteiger partial charge is 0.493 e. The maximum absolute atomic E-state index is 11.5. The Bertz CT molecular complexity index is 818. The summed E-state index contributed by atoms with van der Waals surface area (Å²) in [5.74, 6) is 2.34. The molecule has 0 aliphatic rings. The Morgan fingerprint density at radius 3 is 2.34 bits per heavy atom. The average Bonchev–Trinajstić information content (AvgIpc) is 2.68. The van der Waals surface area contributed by atoms with Crippen LogP contribution in [0.1, 0.15) is 74.9 Å².